The number of piperidine rings is 1. The molecule has 0 aromatic heterocycles. The van der Waals surface area contributed by atoms with E-state index in [-0.39, 0.29) is 22.9 Å². The van der Waals surface area contributed by atoms with Crippen molar-refractivity contribution >= 4 is 37.8 Å². The number of hydrogen-bond donors (Lipinski definition) is 0. The van der Waals surface area contributed by atoms with Gasteiger partial charge in [0.1, 0.15) is 0 Å². The number of rotatable bonds is 3. The number of nitrogens with zero attached hydrogens (tertiary/aromatic N) is 1. The summed E-state index contributed by atoms with van der Waals surface area (Å²) in [6.07, 6.45) is 6.98. The molecule has 1 heterocycles. The average Bonchev–Trinajstić information content (AvgIpc) is 2.23. The van der Waals surface area contributed by atoms with Crippen molar-refractivity contribution in [3.8, 4) is 0 Å². The van der Waals surface area contributed by atoms with Crippen LogP contribution in [0.1, 0.15) is 66.7 Å². The number of carbonyl (C=O) groups is 1. The minimum Gasteiger partial charge on any atom is -0.331 e. The van der Waals surface area contributed by atoms with E-state index >= 15 is 0 Å². The Labute approximate surface area is 140 Å². The molecular weight excluding hydrogens is 382 g/mol. The third-order valence-corrected chi connectivity index (χ3v) is 4.48. The van der Waals surface area contributed by atoms with Gasteiger partial charge in [-0.3, -0.25) is 4.79 Å². The Morgan fingerprint density at radius 1 is 1.35 bits per heavy atom. The van der Waals surface area contributed by atoms with Gasteiger partial charge in [0.15, 0.2) is 0 Å². The lowest BCUT2D eigenvalue weighted by molar-refractivity contribution is -0.141. The summed E-state index contributed by atoms with van der Waals surface area (Å²) in [6.45, 7) is 10.9. The number of hydrogen-bond acceptors (Lipinski definition) is 1. The third kappa shape index (κ3) is 5.51. The van der Waals surface area contributed by atoms with Crippen molar-refractivity contribution in [2.45, 2.75) is 78.3 Å². The zero-order valence-corrected chi connectivity index (χ0v) is 16.5. The average molecular weight is 409 g/mol. The normalized spacial score (nSPS) is 22.6. The number of amides is 1. The van der Waals surface area contributed by atoms with Crippen LogP contribution >= 0.6 is 31.9 Å². The van der Waals surface area contributed by atoms with Crippen LogP contribution in [-0.4, -0.2) is 22.4 Å². The van der Waals surface area contributed by atoms with Crippen molar-refractivity contribution in [1.82, 2.24) is 4.90 Å². The minimum absolute atomic E-state index is 0.0518. The third-order valence-electron chi connectivity index (χ3n) is 3.95. The van der Waals surface area contributed by atoms with Crippen LogP contribution in [0.3, 0.4) is 0 Å². The highest BCUT2D eigenvalue weighted by molar-refractivity contribution is 9.28. The maximum Gasteiger partial charge on any atom is 0.223 e. The molecule has 4 heteroatoms. The number of halogens is 2. The van der Waals surface area contributed by atoms with Crippen LogP contribution in [-0.2, 0) is 4.79 Å². The molecule has 1 aliphatic rings. The molecule has 0 saturated carbocycles. The molecule has 0 aliphatic carbocycles. The van der Waals surface area contributed by atoms with Crippen LogP contribution in [0.5, 0.6) is 0 Å². The molecule has 1 rings (SSSR count). The van der Waals surface area contributed by atoms with Crippen molar-refractivity contribution in [2.75, 3.05) is 0 Å². The first-order valence-electron chi connectivity index (χ1n) is 7.38. The highest BCUT2D eigenvalue weighted by Gasteiger charge is 2.38. The first kappa shape index (κ1) is 18.2. The Kier molecular flexibility index (Phi) is 6.33. The fourth-order valence-electron chi connectivity index (χ4n) is 2.87. The Balaban J connectivity index is 2.87. The summed E-state index contributed by atoms with van der Waals surface area (Å²) < 4.78 is 0.932. The first-order chi connectivity index (χ1) is 9.03. The maximum atomic E-state index is 12.7. The van der Waals surface area contributed by atoms with Gasteiger partial charge >= 0.3 is 0 Å². The summed E-state index contributed by atoms with van der Waals surface area (Å²) in [7, 11) is 0. The van der Waals surface area contributed by atoms with Gasteiger partial charge in [-0.05, 0) is 82.9 Å². The van der Waals surface area contributed by atoms with Gasteiger partial charge in [0, 0.05) is 12.0 Å². The van der Waals surface area contributed by atoms with Gasteiger partial charge in [0.2, 0.25) is 5.91 Å². The van der Waals surface area contributed by atoms with E-state index < -0.39 is 0 Å². The van der Waals surface area contributed by atoms with E-state index in [1.54, 1.807) is 0 Å². The smallest absolute Gasteiger partial charge is 0.223 e. The molecule has 0 N–H and O–H groups in total. The van der Waals surface area contributed by atoms with Gasteiger partial charge in [-0.25, -0.2) is 0 Å². The molecule has 20 heavy (non-hydrogen) atoms. The van der Waals surface area contributed by atoms with Crippen LogP contribution in [0.15, 0.2) is 9.47 Å². The van der Waals surface area contributed by atoms with Crippen LogP contribution in [0.25, 0.3) is 0 Å². The van der Waals surface area contributed by atoms with Crippen molar-refractivity contribution in [3.05, 3.63) is 9.47 Å². The largest absolute Gasteiger partial charge is 0.331 e. The van der Waals surface area contributed by atoms with Gasteiger partial charge < -0.3 is 4.90 Å². The molecule has 1 saturated heterocycles. The molecule has 0 bridgehead atoms. The molecule has 0 aromatic rings. The molecule has 2 nitrogen and oxygen atoms in total. The summed E-state index contributed by atoms with van der Waals surface area (Å²) in [5, 5.41) is 0. The quantitative estimate of drug-likeness (QED) is 0.594. The minimum atomic E-state index is -0.0518. The maximum absolute atomic E-state index is 12.7. The molecule has 1 aliphatic heterocycles. The van der Waals surface area contributed by atoms with Crippen LogP contribution in [0, 0.1) is 5.41 Å². The van der Waals surface area contributed by atoms with Gasteiger partial charge in [-0.15, -0.1) is 0 Å². The molecule has 0 aromatic carbocycles. The first-order valence-corrected chi connectivity index (χ1v) is 8.96. The molecule has 0 radical (unpaired) electrons. The van der Waals surface area contributed by atoms with Crippen molar-refractivity contribution in [1.29, 1.82) is 0 Å². The van der Waals surface area contributed by atoms with Gasteiger partial charge in [-0.1, -0.05) is 20.8 Å². The number of likely N-dealkylation sites (tertiary alicyclic amines) is 1. The molecule has 1 atom stereocenters. The lowest BCUT2D eigenvalue weighted by atomic mass is 9.84. The summed E-state index contributed by atoms with van der Waals surface area (Å²) >= 11 is 6.87. The van der Waals surface area contributed by atoms with Crippen LogP contribution in [0.4, 0.5) is 0 Å². The zero-order valence-electron chi connectivity index (χ0n) is 13.3. The predicted molar refractivity (Wildman–Crippen MR) is 93.2 cm³/mol. The monoisotopic (exact) mass is 407 g/mol. The lowest BCUT2D eigenvalue weighted by Crippen LogP contribution is -2.55. The molecule has 116 valence electrons. The molecule has 1 unspecified atom stereocenters. The molecule has 1 amide bonds. The highest BCUT2D eigenvalue weighted by atomic mass is 79.9. The Hall–Kier alpha value is 0.170. The van der Waals surface area contributed by atoms with E-state index in [9.17, 15) is 4.79 Å². The van der Waals surface area contributed by atoms with E-state index in [1.807, 2.05) is 0 Å². The van der Waals surface area contributed by atoms with E-state index in [0.29, 0.717) is 6.42 Å². The van der Waals surface area contributed by atoms with Crippen molar-refractivity contribution < 1.29 is 4.79 Å². The fourth-order valence-corrected chi connectivity index (χ4v) is 3.48. The summed E-state index contributed by atoms with van der Waals surface area (Å²) in [5.74, 6) is 0.284. The molecular formula is C16H27Br2NO. The lowest BCUT2D eigenvalue weighted by Gasteiger charge is -2.47. The van der Waals surface area contributed by atoms with E-state index in [4.69, 9.17) is 0 Å². The zero-order chi connectivity index (χ0) is 15.6. The second kappa shape index (κ2) is 6.95. The standard InChI is InChI=1S/C16H27Br2NO/c1-15(2,3)10-8-14(20)19-12(11-13(17)18)7-6-9-16(19,4)5/h11-12H,6-10H2,1-5H3. The summed E-state index contributed by atoms with van der Waals surface area (Å²) in [6, 6.07) is 0.194. The fraction of sp³-hybridized carbons (Fsp3) is 0.812. The van der Waals surface area contributed by atoms with Crippen molar-refractivity contribution in [3.63, 3.8) is 0 Å². The van der Waals surface area contributed by atoms with Gasteiger partial charge in [0.25, 0.3) is 0 Å². The Morgan fingerprint density at radius 3 is 2.45 bits per heavy atom. The summed E-state index contributed by atoms with van der Waals surface area (Å²) in [4.78, 5) is 14.8. The van der Waals surface area contributed by atoms with Gasteiger partial charge in [0.05, 0.1) is 9.43 Å². The van der Waals surface area contributed by atoms with E-state index in [1.165, 1.54) is 6.42 Å². The van der Waals surface area contributed by atoms with Crippen LogP contribution in [0.2, 0.25) is 0 Å². The van der Waals surface area contributed by atoms with E-state index in [0.717, 1.165) is 22.7 Å². The Morgan fingerprint density at radius 2 is 1.95 bits per heavy atom. The second-order valence-electron chi connectivity index (χ2n) is 7.55. The van der Waals surface area contributed by atoms with Gasteiger partial charge in [-0.2, -0.15) is 0 Å². The highest BCUT2D eigenvalue weighted by Crippen LogP contribution is 2.35. The summed E-state index contributed by atoms with van der Waals surface area (Å²) in [5.41, 5.74) is 0.154. The Bertz CT molecular complexity index is 378. The number of carbonyl (C=O) groups excluding carboxylic acids is 1. The van der Waals surface area contributed by atoms with E-state index in [2.05, 4.69) is 77.5 Å². The molecule has 0 spiro atoms. The second-order valence-corrected chi connectivity index (χ2v) is 10.3. The molecule has 1 fully saturated rings. The predicted octanol–water partition coefficient (Wildman–Crippen LogP) is 5.60. The topological polar surface area (TPSA) is 20.3 Å². The SMILES string of the molecule is CC(C)(C)CCC(=O)N1C(C=C(Br)Br)CCCC1(C)C. The van der Waals surface area contributed by atoms with Crippen molar-refractivity contribution in [2.24, 2.45) is 5.41 Å². The van der Waals surface area contributed by atoms with Crippen LogP contribution < -0.4 is 0 Å².